The molecule has 0 saturated carbocycles. The summed E-state index contributed by atoms with van der Waals surface area (Å²) >= 11 is 0. The molecule has 2 aromatic carbocycles. The van der Waals surface area contributed by atoms with Crippen LogP contribution in [-0.2, 0) is 11.3 Å². The van der Waals surface area contributed by atoms with Crippen LogP contribution >= 0.6 is 0 Å². The van der Waals surface area contributed by atoms with E-state index in [0.717, 1.165) is 11.1 Å². The number of hydrogen-bond acceptors (Lipinski definition) is 4. The van der Waals surface area contributed by atoms with Crippen LogP contribution in [0.25, 0.3) is 10.8 Å². The molecule has 3 aromatic rings. The fourth-order valence-electron chi connectivity index (χ4n) is 3.21. The molecule has 1 aliphatic heterocycles. The maximum Gasteiger partial charge on any atom is 0.259 e. The van der Waals surface area contributed by atoms with Gasteiger partial charge in [-0.2, -0.15) is 0 Å². The molecule has 1 N–H and O–H groups in total. The molecule has 0 fully saturated rings. The van der Waals surface area contributed by atoms with E-state index < -0.39 is 0 Å². The Labute approximate surface area is 156 Å². The number of carbonyl (C=O) groups excluding carboxylic acids is 1. The summed E-state index contributed by atoms with van der Waals surface area (Å²) in [5, 5.41) is 4.32. The molecular weight excluding hydrogens is 344 g/mol. The molecular formula is C21H20N2O4. The largest absolute Gasteiger partial charge is 0.486 e. The highest BCUT2D eigenvalue weighted by Gasteiger charge is 2.21. The van der Waals surface area contributed by atoms with Gasteiger partial charge in [0.05, 0.1) is 6.54 Å². The fourth-order valence-corrected chi connectivity index (χ4v) is 3.21. The van der Waals surface area contributed by atoms with Crippen molar-refractivity contribution in [2.75, 3.05) is 13.2 Å². The van der Waals surface area contributed by atoms with Gasteiger partial charge in [0.2, 0.25) is 5.91 Å². The van der Waals surface area contributed by atoms with Crippen LogP contribution < -0.4 is 20.3 Å². The third-order valence-electron chi connectivity index (χ3n) is 4.62. The summed E-state index contributed by atoms with van der Waals surface area (Å²) in [5.41, 5.74) is 0.590. The number of benzene rings is 2. The van der Waals surface area contributed by atoms with Gasteiger partial charge in [-0.3, -0.25) is 9.59 Å². The lowest BCUT2D eigenvalue weighted by Crippen LogP contribution is -2.42. The second-order valence-corrected chi connectivity index (χ2v) is 6.57. The smallest absolute Gasteiger partial charge is 0.259 e. The van der Waals surface area contributed by atoms with Crippen molar-refractivity contribution >= 4 is 16.7 Å². The molecule has 6 nitrogen and oxygen atoms in total. The molecule has 0 spiro atoms. The minimum Gasteiger partial charge on any atom is -0.486 e. The normalized spacial score (nSPS) is 15.5. The summed E-state index contributed by atoms with van der Waals surface area (Å²) in [6.07, 6.45) is -0.265. The SMILES string of the molecule is Cc1cc2ccccc2c(=O)n1CC(=O)NC[C@H]1COc2ccccc2O1. The molecule has 2 heterocycles. The van der Waals surface area contributed by atoms with Crippen molar-refractivity contribution in [3.8, 4) is 11.5 Å². The van der Waals surface area contributed by atoms with Gasteiger partial charge in [-0.1, -0.05) is 30.3 Å². The van der Waals surface area contributed by atoms with E-state index in [1.54, 1.807) is 6.07 Å². The quantitative estimate of drug-likeness (QED) is 0.771. The standard InChI is InChI=1S/C21H20N2O4/c1-14-10-15-6-2-3-7-17(15)21(25)23(14)12-20(24)22-11-16-13-26-18-8-4-5-9-19(18)27-16/h2-10,16H,11-13H2,1H3,(H,22,24)/t16-/m0/s1. The van der Waals surface area contributed by atoms with Crippen molar-refractivity contribution in [3.63, 3.8) is 0 Å². The van der Waals surface area contributed by atoms with Gasteiger partial charge < -0.3 is 19.4 Å². The molecule has 0 radical (unpaired) electrons. The average Bonchev–Trinajstić information content (AvgIpc) is 2.69. The first-order chi connectivity index (χ1) is 13.1. The van der Waals surface area contributed by atoms with Gasteiger partial charge >= 0.3 is 0 Å². The van der Waals surface area contributed by atoms with Gasteiger partial charge in [0.15, 0.2) is 11.5 Å². The predicted molar refractivity (Wildman–Crippen MR) is 102 cm³/mol. The first-order valence-corrected chi connectivity index (χ1v) is 8.86. The van der Waals surface area contributed by atoms with Gasteiger partial charge in [-0.15, -0.1) is 0 Å². The molecule has 0 saturated heterocycles. The van der Waals surface area contributed by atoms with Crippen molar-refractivity contribution in [1.82, 2.24) is 9.88 Å². The van der Waals surface area contributed by atoms with Gasteiger partial charge in [0.25, 0.3) is 5.56 Å². The summed E-state index contributed by atoms with van der Waals surface area (Å²) < 4.78 is 13.0. The van der Waals surface area contributed by atoms with E-state index in [0.29, 0.717) is 30.0 Å². The fraction of sp³-hybridized carbons (Fsp3) is 0.238. The van der Waals surface area contributed by atoms with E-state index in [2.05, 4.69) is 5.32 Å². The van der Waals surface area contributed by atoms with Crippen LogP contribution in [0.15, 0.2) is 59.4 Å². The van der Waals surface area contributed by atoms with Gasteiger partial charge in [0, 0.05) is 11.1 Å². The third kappa shape index (κ3) is 3.51. The van der Waals surface area contributed by atoms with Crippen LogP contribution in [0.5, 0.6) is 11.5 Å². The van der Waals surface area contributed by atoms with Crippen LogP contribution in [0.4, 0.5) is 0 Å². The minimum absolute atomic E-state index is 0.0281. The first-order valence-electron chi connectivity index (χ1n) is 8.86. The summed E-state index contributed by atoms with van der Waals surface area (Å²) in [7, 11) is 0. The maximum absolute atomic E-state index is 12.7. The molecule has 0 aliphatic carbocycles. The number of ether oxygens (including phenoxy) is 2. The molecule has 1 atom stereocenters. The number of nitrogens with one attached hydrogen (secondary N) is 1. The number of para-hydroxylation sites is 2. The zero-order valence-corrected chi connectivity index (χ0v) is 15.0. The van der Waals surface area contributed by atoms with Crippen LogP contribution in [0.2, 0.25) is 0 Å². The molecule has 4 rings (SSSR count). The van der Waals surface area contributed by atoms with Crippen molar-refractivity contribution in [3.05, 3.63) is 70.6 Å². The van der Waals surface area contributed by atoms with E-state index in [9.17, 15) is 9.59 Å². The first kappa shape index (κ1) is 17.1. The van der Waals surface area contributed by atoms with E-state index in [1.165, 1.54) is 4.57 Å². The van der Waals surface area contributed by atoms with Crippen LogP contribution in [-0.4, -0.2) is 29.7 Å². The van der Waals surface area contributed by atoms with E-state index in [-0.39, 0.29) is 24.1 Å². The van der Waals surface area contributed by atoms with Crippen LogP contribution in [0.1, 0.15) is 5.69 Å². The Bertz CT molecular complexity index is 1060. The van der Waals surface area contributed by atoms with Crippen molar-refractivity contribution in [1.29, 1.82) is 0 Å². The minimum atomic E-state index is -0.265. The molecule has 0 unspecified atom stereocenters. The zero-order chi connectivity index (χ0) is 18.8. The summed E-state index contributed by atoms with van der Waals surface area (Å²) in [5.74, 6) is 1.14. The van der Waals surface area contributed by atoms with E-state index in [1.807, 2.05) is 55.5 Å². The highest BCUT2D eigenvalue weighted by molar-refractivity contribution is 5.82. The van der Waals surface area contributed by atoms with Gasteiger partial charge in [0.1, 0.15) is 19.3 Å². The predicted octanol–water partition coefficient (Wildman–Crippen LogP) is 2.27. The number of aryl methyl sites for hydroxylation is 1. The highest BCUT2D eigenvalue weighted by Crippen LogP contribution is 2.30. The van der Waals surface area contributed by atoms with Crippen LogP contribution in [0, 0.1) is 6.92 Å². The number of aromatic nitrogens is 1. The lowest BCUT2D eigenvalue weighted by atomic mass is 10.1. The number of pyridine rings is 1. The van der Waals surface area contributed by atoms with E-state index >= 15 is 0 Å². The maximum atomic E-state index is 12.7. The second-order valence-electron chi connectivity index (χ2n) is 6.57. The number of carbonyl (C=O) groups is 1. The summed E-state index contributed by atoms with van der Waals surface area (Å²) in [6.45, 7) is 2.48. The van der Waals surface area contributed by atoms with Gasteiger partial charge in [-0.25, -0.2) is 0 Å². The highest BCUT2D eigenvalue weighted by atomic mass is 16.6. The monoisotopic (exact) mass is 364 g/mol. The third-order valence-corrected chi connectivity index (χ3v) is 4.62. The van der Waals surface area contributed by atoms with Crippen molar-refractivity contribution in [2.45, 2.75) is 19.6 Å². The van der Waals surface area contributed by atoms with E-state index in [4.69, 9.17) is 9.47 Å². The molecule has 6 heteroatoms. The Morgan fingerprint density at radius 1 is 1.15 bits per heavy atom. The molecule has 138 valence electrons. The molecule has 0 bridgehead atoms. The Hall–Kier alpha value is -3.28. The number of fused-ring (bicyclic) bond motifs is 2. The average molecular weight is 364 g/mol. The lowest BCUT2D eigenvalue weighted by molar-refractivity contribution is -0.122. The molecule has 1 amide bonds. The number of nitrogens with zero attached hydrogens (tertiary/aromatic N) is 1. The Kier molecular flexibility index (Phi) is 4.54. The Morgan fingerprint density at radius 3 is 2.74 bits per heavy atom. The molecule has 27 heavy (non-hydrogen) atoms. The zero-order valence-electron chi connectivity index (χ0n) is 15.0. The van der Waals surface area contributed by atoms with Gasteiger partial charge in [-0.05, 0) is 36.6 Å². The van der Waals surface area contributed by atoms with Crippen LogP contribution in [0.3, 0.4) is 0 Å². The number of rotatable bonds is 4. The summed E-state index contributed by atoms with van der Waals surface area (Å²) in [6, 6.07) is 16.7. The van der Waals surface area contributed by atoms with Crippen molar-refractivity contribution < 1.29 is 14.3 Å². The Balaban J connectivity index is 1.42. The Morgan fingerprint density at radius 2 is 1.89 bits per heavy atom. The van der Waals surface area contributed by atoms with Crippen molar-refractivity contribution in [2.24, 2.45) is 0 Å². The number of hydrogen-bond donors (Lipinski definition) is 1. The lowest BCUT2D eigenvalue weighted by Gasteiger charge is -2.26. The summed E-state index contributed by atoms with van der Waals surface area (Å²) in [4.78, 5) is 25.0. The molecule has 1 aromatic heterocycles. The second kappa shape index (κ2) is 7.15. The molecule has 1 aliphatic rings. The topological polar surface area (TPSA) is 69.6 Å². The number of amides is 1.